The molecule has 4 nitrogen and oxygen atoms in total. The molecule has 0 saturated heterocycles. The third-order valence-electron chi connectivity index (χ3n) is 2.17. The molecule has 1 aromatic rings. The molecule has 0 aliphatic carbocycles. The summed E-state index contributed by atoms with van der Waals surface area (Å²) in [6.07, 6.45) is 0. The molecule has 4 heteroatoms. The summed E-state index contributed by atoms with van der Waals surface area (Å²) >= 11 is 0. The molecule has 0 aromatic heterocycles. The summed E-state index contributed by atoms with van der Waals surface area (Å²) in [5, 5.41) is 2.46. The first-order valence-corrected chi connectivity index (χ1v) is 4.45. The quantitative estimate of drug-likeness (QED) is 0.763. The molecule has 2 rings (SSSR count). The molecule has 0 fully saturated rings. The molecular weight excluding hydrogens is 194 g/mol. The van der Waals surface area contributed by atoms with Crippen LogP contribution in [0.4, 0.5) is 0 Å². The monoisotopic (exact) mass is 211 g/mol. The number of Topliss-reactive ketones (excluding diaryl/α,β-unsaturated/α-hetero) is 1. The van der Waals surface area contributed by atoms with Crippen molar-refractivity contribution < 1.29 is 19.8 Å². The molecule has 0 saturated carbocycles. The highest BCUT2D eigenvalue weighted by Gasteiger charge is 2.18. The molecular formula is C11H13NO3. The van der Waals surface area contributed by atoms with Crippen LogP contribution in [0.5, 0.6) is 11.5 Å². The molecule has 1 unspecified atom stereocenters. The summed E-state index contributed by atoms with van der Waals surface area (Å²) in [5.74, 6) is 0.0979. The Morgan fingerprint density at radius 2 is 2.40 bits per heavy atom. The van der Waals surface area contributed by atoms with E-state index in [1.54, 1.807) is 6.92 Å². The largest absolute Gasteiger partial charge is 0.454 e. The molecule has 1 heterocycles. The van der Waals surface area contributed by atoms with Gasteiger partial charge in [-0.15, -0.1) is 0 Å². The third kappa shape index (κ3) is 1.80. The van der Waals surface area contributed by atoms with Crippen molar-refractivity contribution in [2.75, 3.05) is 13.7 Å². The van der Waals surface area contributed by atoms with Gasteiger partial charge in [-0.1, -0.05) is 0 Å². The first kappa shape index (κ1) is 6.12. The second-order valence-electron chi connectivity index (χ2n) is 3.20. The number of carbonyl (C=O) groups is 1. The van der Waals surface area contributed by atoms with Crippen LogP contribution in [0.2, 0.25) is 0 Å². The topological polar surface area (TPSA) is 47.6 Å². The Hall–Kier alpha value is -1.55. The van der Waals surface area contributed by atoms with E-state index >= 15 is 0 Å². The Balaban J connectivity index is 2.18. The lowest BCUT2D eigenvalue weighted by molar-refractivity contribution is 0.0954. The Morgan fingerprint density at radius 1 is 1.60 bits per heavy atom. The number of fused-ring (bicyclic) bond motifs is 1. The number of carbonyl (C=O) groups excluding carboxylic acids is 1. The summed E-state index contributed by atoms with van der Waals surface area (Å²) in [4.78, 5) is 12.0. The maximum atomic E-state index is 12.0. The summed E-state index contributed by atoms with van der Waals surface area (Å²) in [7, 11) is 0. The van der Waals surface area contributed by atoms with E-state index in [2.05, 4.69) is 5.32 Å². The van der Waals surface area contributed by atoms with Gasteiger partial charge in [0.1, 0.15) is 2.74 Å². The maximum absolute atomic E-state index is 12.0. The van der Waals surface area contributed by atoms with Crippen LogP contribution >= 0.6 is 0 Å². The zero-order valence-electron chi connectivity index (χ0n) is 12.1. The number of benzene rings is 1. The molecule has 1 aliphatic rings. The van der Waals surface area contributed by atoms with E-state index in [0.29, 0.717) is 5.56 Å². The van der Waals surface area contributed by atoms with Gasteiger partial charge in [-0.2, -0.15) is 0 Å². The van der Waals surface area contributed by atoms with Gasteiger partial charge in [-0.3, -0.25) is 4.79 Å². The Bertz CT molecular complexity index is 507. The van der Waals surface area contributed by atoms with E-state index in [1.165, 1.54) is 18.2 Å². The van der Waals surface area contributed by atoms with Crippen LogP contribution in [0, 0.1) is 0 Å². The van der Waals surface area contributed by atoms with Gasteiger partial charge < -0.3 is 14.8 Å². The van der Waals surface area contributed by atoms with E-state index in [9.17, 15) is 4.79 Å². The molecule has 0 amide bonds. The Morgan fingerprint density at radius 3 is 3.20 bits per heavy atom. The number of hydrogen-bond acceptors (Lipinski definition) is 4. The lowest BCUT2D eigenvalue weighted by Crippen LogP contribution is -2.30. The Labute approximate surface area is 93.8 Å². The molecule has 0 spiro atoms. The summed E-state index contributed by atoms with van der Waals surface area (Å²) < 4.78 is 38.5. The lowest BCUT2D eigenvalue weighted by atomic mass is 10.1. The molecule has 0 bridgehead atoms. The number of ether oxygens (including phenoxy) is 2. The SMILES string of the molecule is [2H]C([2H])NC(C)C(=O)c1ccc2c(c1)OC([2H])([2H])O2. The van der Waals surface area contributed by atoms with Crippen molar-refractivity contribution in [2.24, 2.45) is 0 Å². The molecule has 1 aromatic carbocycles. The van der Waals surface area contributed by atoms with E-state index < -0.39 is 19.8 Å². The molecule has 1 aliphatic heterocycles. The standard InChI is InChI=1S/C11H13NO3/c1-7(12-2)11(13)8-3-4-9-10(5-8)15-6-14-9/h3-5,7,12H,6H2,1-2H3/i2D2,6D2. The second kappa shape index (κ2) is 3.90. The number of ketones is 1. The van der Waals surface area contributed by atoms with Gasteiger partial charge in [0.05, 0.1) is 6.04 Å². The summed E-state index contributed by atoms with van der Waals surface area (Å²) in [5.41, 5.74) is 0.306. The van der Waals surface area contributed by atoms with Crippen LogP contribution in [0.15, 0.2) is 18.2 Å². The molecule has 1 N–H and O–H groups in total. The molecule has 80 valence electrons. The number of hydrogen-bond donors (Lipinski definition) is 1. The fourth-order valence-electron chi connectivity index (χ4n) is 1.26. The number of nitrogens with one attached hydrogen (secondary N) is 1. The van der Waals surface area contributed by atoms with Crippen LogP contribution in [-0.2, 0) is 0 Å². The van der Waals surface area contributed by atoms with Gasteiger partial charge in [-0.25, -0.2) is 0 Å². The average Bonchev–Trinajstić information content (AvgIpc) is 2.59. The van der Waals surface area contributed by atoms with Gasteiger partial charge >= 0.3 is 0 Å². The van der Waals surface area contributed by atoms with Crippen LogP contribution in [0.3, 0.4) is 0 Å². The minimum atomic E-state index is -2.22. The normalized spacial score (nSPS) is 22.5. The van der Waals surface area contributed by atoms with Crippen LogP contribution < -0.4 is 14.8 Å². The molecule has 1 atom stereocenters. The highest BCUT2D eigenvalue weighted by atomic mass is 16.7. The van der Waals surface area contributed by atoms with Crippen LogP contribution in [-0.4, -0.2) is 25.6 Å². The van der Waals surface area contributed by atoms with E-state index in [0.717, 1.165) is 0 Å². The minimum Gasteiger partial charge on any atom is -0.454 e. The maximum Gasteiger partial charge on any atom is 0.231 e. The van der Waals surface area contributed by atoms with Gasteiger partial charge in [0, 0.05) is 8.30 Å². The van der Waals surface area contributed by atoms with Crippen molar-refractivity contribution in [1.29, 1.82) is 0 Å². The summed E-state index contributed by atoms with van der Waals surface area (Å²) in [6.45, 7) is -1.95. The zero-order chi connectivity index (χ0) is 14.2. The Kier molecular flexibility index (Phi) is 1.59. The smallest absolute Gasteiger partial charge is 0.231 e. The van der Waals surface area contributed by atoms with E-state index in [-0.39, 0.29) is 17.3 Å². The highest BCUT2D eigenvalue weighted by molar-refractivity contribution is 6.00. The fourth-order valence-corrected chi connectivity index (χ4v) is 1.26. The van der Waals surface area contributed by atoms with Gasteiger partial charge in [-0.05, 0) is 32.1 Å². The minimum absolute atomic E-state index is 0.163. The van der Waals surface area contributed by atoms with Gasteiger partial charge in [0.15, 0.2) is 17.3 Å². The lowest BCUT2D eigenvalue weighted by Gasteiger charge is -2.09. The predicted octanol–water partition coefficient (Wildman–Crippen LogP) is 1.21. The number of rotatable bonds is 3. The molecule has 0 radical (unpaired) electrons. The van der Waals surface area contributed by atoms with Crippen molar-refractivity contribution >= 4 is 5.78 Å². The highest BCUT2D eigenvalue weighted by Crippen LogP contribution is 2.32. The van der Waals surface area contributed by atoms with Crippen molar-refractivity contribution in [3.63, 3.8) is 0 Å². The first-order chi connectivity index (χ1) is 8.78. The van der Waals surface area contributed by atoms with E-state index in [4.69, 9.17) is 15.0 Å². The first-order valence-electron chi connectivity index (χ1n) is 6.61. The van der Waals surface area contributed by atoms with Gasteiger partial charge in [0.2, 0.25) is 6.75 Å². The van der Waals surface area contributed by atoms with Crippen molar-refractivity contribution in [3.8, 4) is 11.5 Å². The van der Waals surface area contributed by atoms with Crippen LogP contribution in [0.25, 0.3) is 0 Å². The van der Waals surface area contributed by atoms with E-state index in [1.807, 2.05) is 0 Å². The summed E-state index contributed by atoms with van der Waals surface area (Å²) in [6, 6.07) is 3.66. The number of likely N-dealkylation sites (N-methyl/N-ethyl adjacent to an activating group) is 1. The third-order valence-corrected chi connectivity index (χ3v) is 2.17. The molecule has 15 heavy (non-hydrogen) atoms. The van der Waals surface area contributed by atoms with Crippen molar-refractivity contribution in [2.45, 2.75) is 13.0 Å². The zero-order valence-corrected chi connectivity index (χ0v) is 8.11. The predicted molar refractivity (Wildman–Crippen MR) is 55.4 cm³/mol. The van der Waals surface area contributed by atoms with Crippen molar-refractivity contribution in [3.05, 3.63) is 23.8 Å². The van der Waals surface area contributed by atoms with Gasteiger partial charge in [0.25, 0.3) is 0 Å². The van der Waals surface area contributed by atoms with Crippen LogP contribution in [0.1, 0.15) is 22.8 Å². The average molecular weight is 211 g/mol. The second-order valence-corrected chi connectivity index (χ2v) is 3.20. The van der Waals surface area contributed by atoms with Crippen molar-refractivity contribution in [1.82, 2.24) is 5.32 Å². The fraction of sp³-hybridized carbons (Fsp3) is 0.364.